The zero-order valence-corrected chi connectivity index (χ0v) is 20.3. The van der Waals surface area contributed by atoms with Gasteiger partial charge in [-0.15, -0.1) is 0 Å². The molecule has 13 heteroatoms. The van der Waals surface area contributed by atoms with E-state index in [2.05, 4.69) is 5.10 Å². The van der Waals surface area contributed by atoms with Crippen molar-refractivity contribution < 1.29 is 32.2 Å². The van der Waals surface area contributed by atoms with E-state index in [4.69, 9.17) is 32.7 Å². The molecular weight excluding hydrogens is 548 g/mol. The van der Waals surface area contributed by atoms with Crippen LogP contribution in [0.3, 0.4) is 0 Å². The molecule has 8 nitrogen and oxygen atoms in total. The van der Waals surface area contributed by atoms with Crippen molar-refractivity contribution in [1.29, 1.82) is 5.26 Å². The van der Waals surface area contributed by atoms with E-state index in [1.54, 1.807) is 42.5 Å². The smallest absolute Gasteiger partial charge is 0.410 e. The SMILES string of the molecule is N#Cc1cnn(-c2c(Cl)cc(C(F)(F)F)cc2Cl)c1N(C(=O)Oc1ccccc1)C(=O)Oc1ccccc1. The highest BCUT2D eigenvalue weighted by Gasteiger charge is 2.36. The maximum atomic E-state index is 13.3. The molecule has 0 N–H and O–H groups in total. The van der Waals surface area contributed by atoms with Crippen LogP contribution in [0, 0.1) is 11.3 Å². The summed E-state index contributed by atoms with van der Waals surface area (Å²) in [6.45, 7) is 0. The molecule has 1 heterocycles. The molecule has 0 unspecified atom stereocenters. The first-order valence-corrected chi connectivity index (χ1v) is 11.2. The standard InChI is InChI=1S/C25H13Cl2F3N4O4/c26-19-11-16(25(28,29)30)12-20(27)21(19)34-22(15(13-31)14-32-34)33(23(35)37-17-7-3-1-4-8-17)24(36)38-18-9-5-2-6-10-18/h1-12,14H. The predicted octanol–water partition coefficient (Wildman–Crippen LogP) is 7.27. The Morgan fingerprint density at radius 2 is 1.37 bits per heavy atom. The van der Waals surface area contributed by atoms with Gasteiger partial charge in [0.05, 0.1) is 21.8 Å². The lowest BCUT2D eigenvalue weighted by molar-refractivity contribution is -0.137. The predicted molar refractivity (Wildman–Crippen MR) is 131 cm³/mol. The van der Waals surface area contributed by atoms with E-state index in [0.29, 0.717) is 17.0 Å². The summed E-state index contributed by atoms with van der Waals surface area (Å²) in [6.07, 6.45) is -6.41. The second-order valence-corrected chi connectivity index (χ2v) is 8.20. The molecule has 0 aliphatic heterocycles. The number of anilines is 1. The molecule has 0 fully saturated rings. The van der Waals surface area contributed by atoms with Crippen molar-refractivity contribution in [3.8, 4) is 23.3 Å². The number of carbonyl (C=O) groups excluding carboxylic acids is 2. The second-order valence-electron chi connectivity index (χ2n) is 7.39. The van der Waals surface area contributed by atoms with E-state index < -0.39 is 39.8 Å². The number of nitrogens with zero attached hydrogens (tertiary/aromatic N) is 4. The van der Waals surface area contributed by atoms with Gasteiger partial charge in [-0.05, 0) is 36.4 Å². The van der Waals surface area contributed by atoms with Gasteiger partial charge in [-0.25, -0.2) is 14.3 Å². The van der Waals surface area contributed by atoms with E-state index in [1.165, 1.54) is 24.3 Å². The van der Waals surface area contributed by atoms with Crippen LogP contribution in [0.1, 0.15) is 11.1 Å². The minimum atomic E-state index is -4.76. The lowest BCUT2D eigenvalue weighted by Crippen LogP contribution is -2.42. The Kier molecular flexibility index (Phi) is 7.57. The van der Waals surface area contributed by atoms with Gasteiger partial charge >= 0.3 is 18.4 Å². The summed E-state index contributed by atoms with van der Waals surface area (Å²) in [5.41, 5.74) is -1.82. The molecule has 4 rings (SSSR count). The molecule has 2 amide bonds. The van der Waals surface area contributed by atoms with E-state index in [0.717, 1.165) is 10.9 Å². The zero-order valence-electron chi connectivity index (χ0n) is 18.8. The van der Waals surface area contributed by atoms with E-state index in [1.807, 2.05) is 0 Å². The molecule has 38 heavy (non-hydrogen) atoms. The topological polar surface area (TPSA) is 97.5 Å². The van der Waals surface area contributed by atoms with Gasteiger partial charge in [-0.1, -0.05) is 59.6 Å². The van der Waals surface area contributed by atoms with Crippen molar-refractivity contribution in [3.63, 3.8) is 0 Å². The van der Waals surface area contributed by atoms with Gasteiger partial charge in [-0.3, -0.25) is 0 Å². The lowest BCUT2D eigenvalue weighted by atomic mass is 10.2. The van der Waals surface area contributed by atoms with Crippen molar-refractivity contribution in [2.24, 2.45) is 0 Å². The summed E-state index contributed by atoms with van der Waals surface area (Å²) in [5.74, 6) is -0.437. The summed E-state index contributed by atoms with van der Waals surface area (Å²) in [7, 11) is 0. The fourth-order valence-corrected chi connectivity index (χ4v) is 3.90. The number of alkyl halides is 3. The van der Waals surface area contributed by atoms with Gasteiger partial charge in [0, 0.05) is 0 Å². The van der Waals surface area contributed by atoms with Crippen LogP contribution in [-0.4, -0.2) is 22.0 Å². The van der Waals surface area contributed by atoms with Crippen molar-refractivity contribution in [2.75, 3.05) is 4.90 Å². The van der Waals surface area contributed by atoms with E-state index >= 15 is 0 Å². The summed E-state index contributed by atoms with van der Waals surface area (Å²) in [6, 6.07) is 18.3. The molecule has 3 aromatic carbocycles. The number of para-hydroxylation sites is 2. The van der Waals surface area contributed by atoms with Crippen LogP contribution in [0.25, 0.3) is 5.69 Å². The van der Waals surface area contributed by atoms with Crippen LogP contribution in [0.5, 0.6) is 11.5 Å². The number of ether oxygens (including phenoxy) is 2. The Morgan fingerprint density at radius 3 is 1.79 bits per heavy atom. The van der Waals surface area contributed by atoms with Gasteiger partial charge < -0.3 is 9.47 Å². The molecule has 0 spiro atoms. The quantitative estimate of drug-likeness (QED) is 0.260. The number of amides is 2. The first-order valence-electron chi connectivity index (χ1n) is 10.5. The normalized spacial score (nSPS) is 10.9. The largest absolute Gasteiger partial charge is 0.430 e. The van der Waals surface area contributed by atoms with E-state index in [-0.39, 0.29) is 22.7 Å². The molecule has 0 aliphatic carbocycles. The molecule has 1 aromatic heterocycles. The number of rotatable bonds is 4. The molecule has 0 radical (unpaired) electrons. The zero-order chi connectivity index (χ0) is 27.4. The van der Waals surface area contributed by atoms with Gasteiger partial charge in [0.1, 0.15) is 28.8 Å². The Bertz CT molecular complexity index is 1460. The molecule has 0 bridgehead atoms. The Morgan fingerprint density at radius 1 is 0.895 bits per heavy atom. The molecule has 0 atom stereocenters. The number of aromatic nitrogens is 2. The molecule has 0 saturated heterocycles. The van der Waals surface area contributed by atoms with Crippen LogP contribution in [0.2, 0.25) is 10.0 Å². The summed E-state index contributed by atoms with van der Waals surface area (Å²) in [5, 5.41) is 12.6. The molecule has 0 aliphatic rings. The minimum absolute atomic E-state index is 0.0465. The summed E-state index contributed by atoms with van der Waals surface area (Å²) < 4.78 is 51.2. The Labute approximate surface area is 222 Å². The highest BCUT2D eigenvalue weighted by atomic mass is 35.5. The third-order valence-corrected chi connectivity index (χ3v) is 5.47. The maximum absolute atomic E-state index is 13.3. The highest BCUT2D eigenvalue weighted by Crippen LogP contribution is 2.39. The maximum Gasteiger partial charge on any atom is 0.430 e. The van der Waals surface area contributed by atoms with Gasteiger partial charge in [-0.2, -0.15) is 28.4 Å². The van der Waals surface area contributed by atoms with Crippen LogP contribution in [0.4, 0.5) is 28.6 Å². The van der Waals surface area contributed by atoms with Gasteiger partial charge in [0.25, 0.3) is 0 Å². The molecule has 0 saturated carbocycles. The fourth-order valence-electron chi connectivity index (χ4n) is 3.25. The first kappa shape index (κ1) is 26.5. The van der Waals surface area contributed by atoms with Crippen molar-refractivity contribution in [3.05, 3.63) is 100 Å². The van der Waals surface area contributed by atoms with Crippen molar-refractivity contribution >= 4 is 41.2 Å². The first-order chi connectivity index (χ1) is 18.1. The number of carbonyl (C=O) groups is 2. The number of hydrogen-bond acceptors (Lipinski definition) is 6. The van der Waals surface area contributed by atoms with Gasteiger partial charge in [0.15, 0.2) is 5.82 Å². The molecule has 4 aromatic rings. The monoisotopic (exact) mass is 560 g/mol. The number of benzene rings is 3. The average Bonchev–Trinajstić information content (AvgIpc) is 3.27. The van der Waals surface area contributed by atoms with Crippen LogP contribution in [0.15, 0.2) is 79.0 Å². The molecular formula is C25H13Cl2F3N4O4. The number of hydrogen-bond donors (Lipinski definition) is 0. The Balaban J connectivity index is 1.87. The van der Waals surface area contributed by atoms with Crippen LogP contribution < -0.4 is 14.4 Å². The van der Waals surface area contributed by atoms with Crippen molar-refractivity contribution in [2.45, 2.75) is 6.18 Å². The third kappa shape index (κ3) is 5.56. The summed E-state index contributed by atoms with van der Waals surface area (Å²) >= 11 is 12.3. The van der Waals surface area contributed by atoms with Crippen LogP contribution >= 0.6 is 23.2 Å². The average molecular weight is 561 g/mol. The third-order valence-electron chi connectivity index (χ3n) is 4.89. The van der Waals surface area contributed by atoms with Gasteiger partial charge in [0.2, 0.25) is 0 Å². The Hall–Kier alpha value is -4.53. The lowest BCUT2D eigenvalue weighted by Gasteiger charge is -2.22. The number of halogens is 5. The fraction of sp³-hybridized carbons (Fsp3) is 0.0400. The second kappa shape index (κ2) is 10.8. The number of nitriles is 1. The van der Waals surface area contributed by atoms with Crippen molar-refractivity contribution in [1.82, 2.24) is 9.78 Å². The van der Waals surface area contributed by atoms with Crippen LogP contribution in [-0.2, 0) is 6.18 Å². The summed E-state index contributed by atoms with van der Waals surface area (Å²) in [4.78, 5) is 26.9. The number of imide groups is 1. The highest BCUT2D eigenvalue weighted by molar-refractivity contribution is 6.38. The van der Waals surface area contributed by atoms with E-state index in [9.17, 15) is 28.0 Å². The minimum Gasteiger partial charge on any atom is -0.410 e. The molecule has 192 valence electrons.